The third-order valence-electron chi connectivity index (χ3n) is 0.803. The molecule has 0 aromatic heterocycles. The number of hydrogen-bond acceptors (Lipinski definition) is 2. The van der Waals surface area contributed by atoms with E-state index in [0.717, 1.165) is 0 Å². The number of rotatable bonds is 3. The molecule has 3 nitrogen and oxygen atoms in total. The molecule has 0 aliphatic heterocycles. The van der Waals surface area contributed by atoms with Gasteiger partial charge in [0.1, 0.15) is 10.8 Å². The van der Waals surface area contributed by atoms with E-state index < -0.39 is 9.71 Å². The van der Waals surface area contributed by atoms with Crippen LogP contribution in [-0.2, 0) is 9.59 Å². The van der Waals surface area contributed by atoms with Crippen LogP contribution in [0.4, 0.5) is 0 Å². The number of carbonyl (C=O) groups is 2. The summed E-state index contributed by atoms with van der Waals surface area (Å²) in [6.45, 7) is 0. The molecule has 0 spiro atoms. The Hall–Kier alpha value is 0.320. The van der Waals surface area contributed by atoms with Crippen molar-refractivity contribution in [1.82, 2.24) is 0 Å². The average Bonchev–Trinajstić information content (AvgIpc) is 1.88. The van der Waals surface area contributed by atoms with Gasteiger partial charge in [0.25, 0.3) is 0 Å². The standard InChI is InChI=1S/C5H3Br3O3/c6-3(5(10)11)2(1-9)4(7)8/h1,4H,(H,10,11). The Balaban J connectivity index is 4.83. The first-order chi connectivity index (χ1) is 5.00. The second-order valence-electron chi connectivity index (χ2n) is 1.49. The molecule has 62 valence electrons. The molecule has 0 aromatic carbocycles. The van der Waals surface area contributed by atoms with Crippen molar-refractivity contribution in [2.45, 2.75) is 3.74 Å². The first kappa shape index (κ1) is 11.3. The lowest BCUT2D eigenvalue weighted by atomic mass is 10.3. The predicted molar refractivity (Wildman–Crippen MR) is 51.3 cm³/mol. The maximum absolute atomic E-state index is 10.3. The number of allylic oxidation sites excluding steroid dienone is 1. The Morgan fingerprint density at radius 1 is 1.45 bits per heavy atom. The molecule has 0 aliphatic carbocycles. The van der Waals surface area contributed by atoms with E-state index in [1.165, 1.54) is 0 Å². The number of carboxylic acid groups (broad SMARTS) is 1. The lowest BCUT2D eigenvalue weighted by Gasteiger charge is -2.00. The van der Waals surface area contributed by atoms with Crippen LogP contribution in [0.25, 0.3) is 0 Å². The van der Waals surface area contributed by atoms with Crippen molar-refractivity contribution in [2.75, 3.05) is 0 Å². The van der Waals surface area contributed by atoms with Crippen LogP contribution < -0.4 is 0 Å². The van der Waals surface area contributed by atoms with Crippen molar-refractivity contribution in [1.29, 1.82) is 0 Å². The summed E-state index contributed by atoms with van der Waals surface area (Å²) in [5, 5.41) is 8.43. The summed E-state index contributed by atoms with van der Waals surface area (Å²) in [5.74, 6) is -1.17. The summed E-state index contributed by atoms with van der Waals surface area (Å²) in [4.78, 5) is 20.6. The average molecular weight is 351 g/mol. The fourth-order valence-electron chi connectivity index (χ4n) is 0.322. The molecule has 0 radical (unpaired) electrons. The summed E-state index contributed by atoms with van der Waals surface area (Å²) in [6.07, 6.45) is 0.465. The molecule has 0 atom stereocenters. The minimum absolute atomic E-state index is 0.109. The number of aldehydes is 1. The summed E-state index contributed by atoms with van der Waals surface area (Å²) in [5.41, 5.74) is 0.109. The first-order valence-electron chi connectivity index (χ1n) is 2.37. The van der Waals surface area contributed by atoms with E-state index in [1.54, 1.807) is 0 Å². The van der Waals surface area contributed by atoms with Gasteiger partial charge in [-0.3, -0.25) is 4.79 Å². The molecule has 1 N–H and O–H groups in total. The maximum Gasteiger partial charge on any atom is 0.343 e. The Morgan fingerprint density at radius 2 is 1.91 bits per heavy atom. The number of alkyl halides is 2. The summed E-state index contributed by atoms with van der Waals surface area (Å²) in [6, 6.07) is 0. The summed E-state index contributed by atoms with van der Waals surface area (Å²) in [7, 11) is 0. The van der Waals surface area contributed by atoms with Crippen LogP contribution in [0.1, 0.15) is 0 Å². The molecule has 0 heterocycles. The van der Waals surface area contributed by atoms with E-state index in [4.69, 9.17) is 5.11 Å². The van der Waals surface area contributed by atoms with E-state index in [1.807, 2.05) is 0 Å². The van der Waals surface area contributed by atoms with Gasteiger partial charge < -0.3 is 5.11 Å². The summed E-state index contributed by atoms with van der Waals surface area (Å²) >= 11 is 8.77. The molecule has 6 heteroatoms. The van der Waals surface area contributed by atoms with Crippen LogP contribution in [0, 0.1) is 0 Å². The SMILES string of the molecule is O=CC(=C(Br)C(=O)O)C(Br)Br. The van der Waals surface area contributed by atoms with Crippen molar-refractivity contribution in [2.24, 2.45) is 0 Å². The zero-order valence-corrected chi connectivity index (χ0v) is 9.81. The monoisotopic (exact) mass is 348 g/mol. The lowest BCUT2D eigenvalue weighted by molar-refractivity contribution is -0.132. The molecule has 0 bridgehead atoms. The molecule has 11 heavy (non-hydrogen) atoms. The van der Waals surface area contributed by atoms with E-state index in [9.17, 15) is 9.59 Å². The van der Waals surface area contributed by atoms with Gasteiger partial charge in [0.15, 0.2) is 0 Å². The minimum Gasteiger partial charge on any atom is -0.477 e. The van der Waals surface area contributed by atoms with Crippen LogP contribution >= 0.6 is 47.8 Å². The van der Waals surface area contributed by atoms with E-state index in [2.05, 4.69) is 47.8 Å². The number of hydrogen-bond donors (Lipinski definition) is 1. The maximum atomic E-state index is 10.3. The zero-order chi connectivity index (χ0) is 9.02. The van der Waals surface area contributed by atoms with Crippen molar-refractivity contribution in [3.63, 3.8) is 0 Å². The molecule has 0 rings (SSSR count). The topological polar surface area (TPSA) is 54.4 Å². The Morgan fingerprint density at radius 3 is 2.00 bits per heavy atom. The minimum atomic E-state index is -1.17. The van der Waals surface area contributed by atoms with E-state index in [-0.39, 0.29) is 10.1 Å². The number of aliphatic carboxylic acids is 1. The van der Waals surface area contributed by atoms with E-state index >= 15 is 0 Å². The molecule has 0 aromatic rings. The van der Waals surface area contributed by atoms with Crippen molar-refractivity contribution in [3.8, 4) is 0 Å². The van der Waals surface area contributed by atoms with Gasteiger partial charge in [-0.1, -0.05) is 31.9 Å². The van der Waals surface area contributed by atoms with Gasteiger partial charge in [-0.2, -0.15) is 0 Å². The Bertz CT molecular complexity index is 209. The molecule has 0 unspecified atom stereocenters. The third kappa shape index (κ3) is 3.48. The van der Waals surface area contributed by atoms with Crippen molar-refractivity contribution >= 4 is 60.0 Å². The van der Waals surface area contributed by atoms with Crippen molar-refractivity contribution < 1.29 is 14.7 Å². The molecule has 0 saturated heterocycles. The van der Waals surface area contributed by atoms with Crippen LogP contribution in [-0.4, -0.2) is 21.1 Å². The third-order valence-corrected chi connectivity index (χ3v) is 2.59. The second kappa shape index (κ2) is 5.05. The van der Waals surface area contributed by atoms with E-state index in [0.29, 0.717) is 6.29 Å². The number of carbonyl (C=O) groups excluding carboxylic acids is 1. The molecule has 0 fully saturated rings. The normalized spacial score (nSPS) is 12.7. The van der Waals surface area contributed by atoms with Gasteiger partial charge in [-0.05, 0) is 15.9 Å². The van der Waals surface area contributed by atoms with Gasteiger partial charge in [0.05, 0.1) is 3.74 Å². The van der Waals surface area contributed by atoms with Gasteiger partial charge in [-0.15, -0.1) is 0 Å². The molecular formula is C5H3Br3O3. The highest BCUT2D eigenvalue weighted by Crippen LogP contribution is 2.23. The highest BCUT2D eigenvalue weighted by Gasteiger charge is 2.15. The Kier molecular flexibility index (Phi) is 5.20. The molecule has 0 aliphatic rings. The molecular weight excluding hydrogens is 348 g/mol. The van der Waals surface area contributed by atoms with Crippen molar-refractivity contribution in [3.05, 3.63) is 10.1 Å². The van der Waals surface area contributed by atoms with Gasteiger partial charge in [0, 0.05) is 5.57 Å². The predicted octanol–water partition coefficient (Wildman–Crippen LogP) is 2.03. The van der Waals surface area contributed by atoms with Crippen LogP contribution in [0.2, 0.25) is 0 Å². The van der Waals surface area contributed by atoms with Crippen LogP contribution in [0.5, 0.6) is 0 Å². The highest BCUT2D eigenvalue weighted by molar-refractivity contribution is 9.24. The quantitative estimate of drug-likeness (QED) is 0.481. The lowest BCUT2D eigenvalue weighted by Crippen LogP contribution is -2.04. The Labute approximate surface area is 88.2 Å². The smallest absolute Gasteiger partial charge is 0.343 e. The highest BCUT2D eigenvalue weighted by atomic mass is 79.9. The van der Waals surface area contributed by atoms with Crippen LogP contribution in [0.15, 0.2) is 10.1 Å². The van der Waals surface area contributed by atoms with Crippen LogP contribution in [0.3, 0.4) is 0 Å². The first-order valence-corrected chi connectivity index (χ1v) is 4.99. The second-order valence-corrected chi connectivity index (χ2v) is 5.35. The van der Waals surface area contributed by atoms with Gasteiger partial charge >= 0.3 is 5.97 Å². The zero-order valence-electron chi connectivity index (χ0n) is 5.05. The fraction of sp³-hybridized carbons (Fsp3) is 0.200. The number of halogens is 3. The fourth-order valence-corrected chi connectivity index (χ4v) is 1.93. The summed E-state index contributed by atoms with van der Waals surface area (Å²) < 4.78 is -0.593. The van der Waals surface area contributed by atoms with Gasteiger partial charge in [0.2, 0.25) is 0 Å². The molecule has 0 saturated carbocycles. The molecule has 0 amide bonds. The number of carboxylic acids is 1. The largest absolute Gasteiger partial charge is 0.477 e. The van der Waals surface area contributed by atoms with Gasteiger partial charge in [-0.25, -0.2) is 4.79 Å².